The predicted molar refractivity (Wildman–Crippen MR) is 72.2 cm³/mol. The number of aryl methyl sites for hydroxylation is 1. The maximum Gasteiger partial charge on any atom is 0.271 e. The first-order valence-corrected chi connectivity index (χ1v) is 6.20. The van der Waals surface area contributed by atoms with Crippen LogP contribution in [-0.4, -0.2) is 22.7 Å². The van der Waals surface area contributed by atoms with Crippen molar-refractivity contribution in [2.75, 3.05) is 11.9 Å². The Morgan fingerprint density at radius 1 is 1.56 bits per heavy atom. The van der Waals surface area contributed by atoms with Gasteiger partial charge in [-0.25, -0.2) is 0 Å². The van der Waals surface area contributed by atoms with Gasteiger partial charge >= 0.3 is 0 Å². The van der Waals surface area contributed by atoms with E-state index in [2.05, 4.69) is 5.32 Å². The number of hydrogen-bond acceptors (Lipinski definition) is 4. The van der Waals surface area contributed by atoms with E-state index in [4.69, 9.17) is 11.6 Å². The highest BCUT2D eigenvalue weighted by Crippen LogP contribution is 2.30. The SMILES string of the molecule is CCC(O)CCNc1c(C)cc([N+](=O)[O-])cc1Cl. The maximum atomic E-state index is 10.7. The molecule has 1 aromatic carbocycles. The highest BCUT2D eigenvalue weighted by molar-refractivity contribution is 6.33. The van der Waals surface area contributed by atoms with Crippen LogP contribution in [0.2, 0.25) is 5.02 Å². The molecule has 0 saturated heterocycles. The van der Waals surface area contributed by atoms with Crippen LogP contribution in [0.25, 0.3) is 0 Å². The first-order chi connectivity index (χ1) is 8.45. The molecule has 0 aliphatic carbocycles. The Labute approximate surface area is 111 Å². The van der Waals surface area contributed by atoms with Crippen molar-refractivity contribution in [3.05, 3.63) is 32.8 Å². The zero-order chi connectivity index (χ0) is 13.7. The van der Waals surface area contributed by atoms with Gasteiger partial charge in [-0.2, -0.15) is 0 Å². The molecule has 0 spiro atoms. The number of nitro groups is 1. The van der Waals surface area contributed by atoms with Crippen molar-refractivity contribution >= 4 is 23.0 Å². The van der Waals surface area contributed by atoms with Gasteiger partial charge in [0, 0.05) is 18.7 Å². The normalized spacial score (nSPS) is 12.2. The van der Waals surface area contributed by atoms with Crippen LogP contribution < -0.4 is 5.32 Å². The second kappa shape index (κ2) is 6.56. The third kappa shape index (κ3) is 3.85. The van der Waals surface area contributed by atoms with E-state index in [1.54, 1.807) is 6.92 Å². The van der Waals surface area contributed by atoms with E-state index in [9.17, 15) is 15.2 Å². The molecule has 100 valence electrons. The standard InChI is InChI=1S/C12H17ClN2O3/c1-3-10(16)4-5-14-12-8(2)6-9(15(17)18)7-11(12)13/h6-7,10,14,16H,3-5H2,1-2H3. The fourth-order valence-electron chi connectivity index (χ4n) is 1.62. The van der Waals surface area contributed by atoms with Crippen molar-refractivity contribution in [3.8, 4) is 0 Å². The number of nitro benzene ring substituents is 1. The lowest BCUT2D eigenvalue weighted by molar-refractivity contribution is -0.384. The van der Waals surface area contributed by atoms with Gasteiger partial charge in [-0.3, -0.25) is 10.1 Å². The van der Waals surface area contributed by atoms with Crippen LogP contribution in [0.1, 0.15) is 25.3 Å². The van der Waals surface area contributed by atoms with Crippen molar-refractivity contribution in [1.82, 2.24) is 0 Å². The summed E-state index contributed by atoms with van der Waals surface area (Å²) >= 11 is 6.00. The van der Waals surface area contributed by atoms with Gasteiger partial charge in [0.25, 0.3) is 5.69 Å². The molecule has 1 unspecified atom stereocenters. The van der Waals surface area contributed by atoms with E-state index >= 15 is 0 Å². The lowest BCUT2D eigenvalue weighted by Crippen LogP contribution is -2.13. The molecular weight excluding hydrogens is 256 g/mol. The molecule has 2 N–H and O–H groups in total. The predicted octanol–water partition coefficient (Wildman–Crippen LogP) is 3.13. The minimum atomic E-state index is -0.469. The number of halogens is 1. The quantitative estimate of drug-likeness (QED) is 0.616. The molecular formula is C12H17ClN2O3. The van der Waals surface area contributed by atoms with E-state index in [0.717, 1.165) is 5.56 Å². The summed E-state index contributed by atoms with van der Waals surface area (Å²) in [5.41, 5.74) is 1.39. The number of benzene rings is 1. The number of non-ortho nitro benzene ring substituents is 1. The molecule has 1 rings (SSSR count). The van der Waals surface area contributed by atoms with Crippen LogP contribution in [0.3, 0.4) is 0 Å². The van der Waals surface area contributed by atoms with Crippen molar-refractivity contribution in [2.24, 2.45) is 0 Å². The average molecular weight is 273 g/mol. The molecule has 5 nitrogen and oxygen atoms in total. The topological polar surface area (TPSA) is 75.4 Å². The summed E-state index contributed by atoms with van der Waals surface area (Å²) in [5.74, 6) is 0. The minimum absolute atomic E-state index is 0.0170. The fourth-order valence-corrected chi connectivity index (χ4v) is 1.95. The Morgan fingerprint density at radius 2 is 2.22 bits per heavy atom. The number of rotatable bonds is 6. The number of nitrogens with zero attached hydrogens (tertiary/aromatic N) is 1. The third-order valence-corrected chi connectivity index (χ3v) is 3.03. The van der Waals surface area contributed by atoms with Gasteiger partial charge in [0.15, 0.2) is 0 Å². The van der Waals surface area contributed by atoms with Crippen molar-refractivity contribution < 1.29 is 10.0 Å². The number of nitrogens with one attached hydrogen (secondary N) is 1. The van der Waals surface area contributed by atoms with Gasteiger partial charge in [-0.05, 0) is 25.3 Å². The van der Waals surface area contributed by atoms with Crippen molar-refractivity contribution in [2.45, 2.75) is 32.8 Å². The Balaban J connectivity index is 2.75. The van der Waals surface area contributed by atoms with E-state index in [-0.39, 0.29) is 11.8 Å². The van der Waals surface area contributed by atoms with Crippen molar-refractivity contribution in [3.63, 3.8) is 0 Å². The summed E-state index contributed by atoms with van der Waals surface area (Å²) in [6.07, 6.45) is 0.979. The lowest BCUT2D eigenvalue weighted by atomic mass is 10.1. The molecule has 0 heterocycles. The Morgan fingerprint density at radius 3 is 2.72 bits per heavy atom. The smallest absolute Gasteiger partial charge is 0.271 e. The van der Waals surface area contributed by atoms with Gasteiger partial charge in [0.2, 0.25) is 0 Å². The molecule has 0 amide bonds. The average Bonchev–Trinajstić information content (AvgIpc) is 2.31. The maximum absolute atomic E-state index is 10.7. The van der Waals surface area contributed by atoms with Crippen LogP contribution in [0.4, 0.5) is 11.4 Å². The second-order valence-corrected chi connectivity index (χ2v) is 4.56. The number of aliphatic hydroxyl groups excluding tert-OH is 1. The first kappa shape index (κ1) is 14.7. The van der Waals surface area contributed by atoms with Crippen LogP contribution in [-0.2, 0) is 0 Å². The largest absolute Gasteiger partial charge is 0.393 e. The van der Waals surface area contributed by atoms with Gasteiger partial charge < -0.3 is 10.4 Å². The Bertz CT molecular complexity index is 414. The minimum Gasteiger partial charge on any atom is -0.393 e. The summed E-state index contributed by atoms with van der Waals surface area (Å²) in [4.78, 5) is 10.2. The number of aliphatic hydroxyl groups is 1. The molecule has 0 bridgehead atoms. The van der Waals surface area contributed by atoms with Crippen LogP contribution in [0, 0.1) is 17.0 Å². The first-order valence-electron chi connectivity index (χ1n) is 5.82. The molecule has 0 aliphatic rings. The summed E-state index contributed by atoms with van der Waals surface area (Å²) in [5, 5.41) is 23.5. The molecule has 1 atom stereocenters. The van der Waals surface area contributed by atoms with Crippen LogP contribution >= 0.6 is 11.6 Å². The summed E-state index contributed by atoms with van der Waals surface area (Å²) in [6, 6.07) is 2.80. The monoisotopic (exact) mass is 272 g/mol. The molecule has 0 aliphatic heterocycles. The van der Waals surface area contributed by atoms with E-state index in [1.165, 1.54) is 12.1 Å². The molecule has 0 radical (unpaired) electrons. The number of hydrogen-bond donors (Lipinski definition) is 2. The molecule has 0 fully saturated rings. The lowest BCUT2D eigenvalue weighted by Gasteiger charge is -2.13. The highest BCUT2D eigenvalue weighted by atomic mass is 35.5. The zero-order valence-corrected chi connectivity index (χ0v) is 11.2. The van der Waals surface area contributed by atoms with E-state index in [0.29, 0.717) is 30.1 Å². The molecule has 1 aromatic rings. The summed E-state index contributed by atoms with van der Waals surface area (Å²) < 4.78 is 0. The van der Waals surface area contributed by atoms with Crippen LogP contribution in [0.15, 0.2) is 12.1 Å². The highest BCUT2D eigenvalue weighted by Gasteiger charge is 2.13. The van der Waals surface area contributed by atoms with E-state index < -0.39 is 4.92 Å². The fraction of sp³-hybridized carbons (Fsp3) is 0.500. The van der Waals surface area contributed by atoms with Gasteiger partial charge in [0.1, 0.15) is 0 Å². The Hall–Kier alpha value is -1.33. The zero-order valence-electron chi connectivity index (χ0n) is 10.4. The molecule has 6 heteroatoms. The molecule has 18 heavy (non-hydrogen) atoms. The Kier molecular flexibility index (Phi) is 5.37. The molecule has 0 aromatic heterocycles. The summed E-state index contributed by atoms with van der Waals surface area (Å²) in [7, 11) is 0. The second-order valence-electron chi connectivity index (χ2n) is 4.15. The number of anilines is 1. The van der Waals surface area contributed by atoms with Gasteiger partial charge in [-0.1, -0.05) is 18.5 Å². The van der Waals surface area contributed by atoms with Gasteiger partial charge in [-0.15, -0.1) is 0 Å². The van der Waals surface area contributed by atoms with E-state index in [1.807, 2.05) is 6.92 Å². The third-order valence-electron chi connectivity index (χ3n) is 2.73. The van der Waals surface area contributed by atoms with Crippen LogP contribution in [0.5, 0.6) is 0 Å². The van der Waals surface area contributed by atoms with Gasteiger partial charge in [0.05, 0.1) is 21.7 Å². The summed E-state index contributed by atoms with van der Waals surface area (Å²) in [6.45, 7) is 4.25. The molecule has 0 saturated carbocycles. The van der Waals surface area contributed by atoms with Crippen molar-refractivity contribution in [1.29, 1.82) is 0 Å².